The summed E-state index contributed by atoms with van der Waals surface area (Å²) in [7, 11) is 0. The van der Waals surface area contributed by atoms with E-state index in [1.54, 1.807) is 6.07 Å². The molecule has 2 aromatic heterocycles. The lowest BCUT2D eigenvalue weighted by molar-refractivity contribution is -0.121. The summed E-state index contributed by atoms with van der Waals surface area (Å²) < 4.78 is 7.69. The molecule has 0 unspecified atom stereocenters. The molecule has 9 heteroatoms. The lowest BCUT2D eigenvalue weighted by Gasteiger charge is -2.22. The fourth-order valence-electron chi connectivity index (χ4n) is 2.84. The Labute approximate surface area is 153 Å². The summed E-state index contributed by atoms with van der Waals surface area (Å²) in [4.78, 5) is 24.2. The van der Waals surface area contributed by atoms with Gasteiger partial charge in [-0.05, 0) is 40.4 Å². The van der Waals surface area contributed by atoms with Crippen molar-refractivity contribution in [2.45, 2.75) is 39.3 Å². The predicted octanol–water partition coefficient (Wildman–Crippen LogP) is 1.82. The van der Waals surface area contributed by atoms with E-state index >= 15 is 0 Å². The average Bonchev–Trinajstić information content (AvgIpc) is 3.26. The number of hydrogen-bond donors (Lipinski definition) is 2. The Morgan fingerprint density at radius 2 is 2.16 bits per heavy atom. The summed E-state index contributed by atoms with van der Waals surface area (Å²) in [5, 5.41) is 13.9. The molecule has 3 rings (SSSR count). The first kappa shape index (κ1) is 17.7. The number of carbonyl (C=O) groups excluding carboxylic acids is 2. The number of furan rings is 1. The van der Waals surface area contributed by atoms with Gasteiger partial charge in [-0.3, -0.25) is 9.59 Å². The van der Waals surface area contributed by atoms with Crippen molar-refractivity contribution in [2.24, 2.45) is 5.92 Å². The normalized spacial score (nSPS) is 14.4. The zero-order valence-electron chi connectivity index (χ0n) is 14.1. The van der Waals surface area contributed by atoms with Gasteiger partial charge in [0.1, 0.15) is 5.82 Å². The molecule has 1 aliphatic rings. The quantitative estimate of drug-likeness (QED) is 0.757. The molecule has 2 aromatic rings. The number of carbonyl (C=O) groups is 2. The maximum absolute atomic E-state index is 12.3. The monoisotopic (exact) mass is 409 g/mol. The molecule has 0 spiro atoms. The fraction of sp³-hybridized carbons (Fsp3) is 0.500. The van der Waals surface area contributed by atoms with Crippen LogP contribution < -0.4 is 10.6 Å². The van der Waals surface area contributed by atoms with Crippen molar-refractivity contribution < 1.29 is 14.0 Å². The summed E-state index contributed by atoms with van der Waals surface area (Å²) in [5.74, 6) is 1.31. The van der Waals surface area contributed by atoms with E-state index in [1.807, 2.05) is 13.8 Å². The van der Waals surface area contributed by atoms with Crippen LogP contribution in [0.5, 0.6) is 0 Å². The summed E-state index contributed by atoms with van der Waals surface area (Å²) in [6.45, 7) is 4.77. The van der Waals surface area contributed by atoms with E-state index < -0.39 is 5.91 Å². The molecule has 134 valence electrons. The molecule has 0 aromatic carbocycles. The van der Waals surface area contributed by atoms with Crippen LogP contribution in [0.4, 0.5) is 0 Å². The molecule has 0 fully saturated rings. The van der Waals surface area contributed by atoms with E-state index in [2.05, 4.69) is 41.3 Å². The molecule has 0 bridgehead atoms. The van der Waals surface area contributed by atoms with E-state index in [4.69, 9.17) is 4.42 Å². The Bertz CT molecular complexity index is 783. The standard InChI is InChI=1S/C16H20BrN5O3/c1-9(2)14(15-21-20-12-4-3-7-22(12)15)19-13(23)8-18-16(24)10-5-6-11(17)25-10/h5-6,9,14H,3-4,7-8H2,1-2H3,(H,18,24)(H,19,23)/t14-/m0/s1. The minimum absolute atomic E-state index is 0.138. The van der Waals surface area contributed by atoms with Gasteiger partial charge in [0.25, 0.3) is 5.91 Å². The first-order chi connectivity index (χ1) is 12.0. The SMILES string of the molecule is CC(C)[C@H](NC(=O)CNC(=O)c1ccc(Br)o1)c1nnc2n1CCC2. The lowest BCUT2D eigenvalue weighted by atomic mass is 10.0. The highest BCUT2D eigenvalue weighted by Gasteiger charge is 2.27. The number of nitrogens with one attached hydrogen (secondary N) is 2. The summed E-state index contributed by atoms with van der Waals surface area (Å²) in [6.07, 6.45) is 1.96. The van der Waals surface area contributed by atoms with Gasteiger partial charge < -0.3 is 19.6 Å². The van der Waals surface area contributed by atoms with Crippen molar-refractivity contribution in [3.63, 3.8) is 0 Å². The van der Waals surface area contributed by atoms with Crippen LogP contribution in [0, 0.1) is 5.92 Å². The summed E-state index contributed by atoms with van der Waals surface area (Å²) in [5.41, 5.74) is 0. The Morgan fingerprint density at radius 1 is 1.36 bits per heavy atom. The highest BCUT2D eigenvalue weighted by Crippen LogP contribution is 2.24. The minimum Gasteiger partial charge on any atom is -0.444 e. The maximum Gasteiger partial charge on any atom is 0.287 e. The van der Waals surface area contributed by atoms with Crippen LogP contribution in [-0.4, -0.2) is 33.1 Å². The number of fused-ring (bicyclic) bond motifs is 1. The zero-order valence-corrected chi connectivity index (χ0v) is 15.7. The molecular formula is C16H20BrN5O3. The molecule has 0 saturated carbocycles. The molecule has 3 heterocycles. The molecule has 0 saturated heterocycles. The molecule has 0 radical (unpaired) electrons. The second-order valence-corrected chi connectivity index (χ2v) is 7.09. The van der Waals surface area contributed by atoms with Gasteiger partial charge in [-0.1, -0.05) is 13.8 Å². The van der Waals surface area contributed by atoms with Gasteiger partial charge >= 0.3 is 0 Å². The number of amides is 2. The number of rotatable bonds is 6. The van der Waals surface area contributed by atoms with Crippen molar-refractivity contribution in [2.75, 3.05) is 6.54 Å². The van der Waals surface area contributed by atoms with Crippen LogP contribution in [-0.2, 0) is 17.8 Å². The first-order valence-electron chi connectivity index (χ1n) is 8.20. The summed E-state index contributed by atoms with van der Waals surface area (Å²) in [6, 6.07) is 2.91. The van der Waals surface area contributed by atoms with E-state index in [0.717, 1.165) is 31.0 Å². The second kappa shape index (κ2) is 7.38. The first-order valence-corrected chi connectivity index (χ1v) is 9.00. The lowest BCUT2D eigenvalue weighted by Crippen LogP contribution is -2.40. The fourth-order valence-corrected chi connectivity index (χ4v) is 3.15. The average molecular weight is 410 g/mol. The van der Waals surface area contributed by atoms with Crippen molar-refractivity contribution >= 4 is 27.7 Å². The van der Waals surface area contributed by atoms with Gasteiger partial charge in [0, 0.05) is 13.0 Å². The molecule has 1 atom stereocenters. The van der Waals surface area contributed by atoms with E-state index in [9.17, 15) is 9.59 Å². The Morgan fingerprint density at radius 3 is 2.84 bits per heavy atom. The number of halogens is 1. The van der Waals surface area contributed by atoms with Gasteiger partial charge in [0.15, 0.2) is 16.3 Å². The van der Waals surface area contributed by atoms with E-state index in [0.29, 0.717) is 4.67 Å². The van der Waals surface area contributed by atoms with Gasteiger partial charge in [-0.25, -0.2) is 0 Å². The molecule has 2 N–H and O–H groups in total. The Hall–Kier alpha value is -2.16. The molecule has 2 amide bonds. The third-order valence-corrected chi connectivity index (χ3v) is 4.53. The predicted molar refractivity (Wildman–Crippen MR) is 92.8 cm³/mol. The molecule has 0 aliphatic carbocycles. The number of aryl methyl sites for hydroxylation is 1. The Kier molecular flexibility index (Phi) is 5.22. The maximum atomic E-state index is 12.3. The topological polar surface area (TPSA) is 102 Å². The van der Waals surface area contributed by atoms with Crippen LogP contribution in [0.1, 0.15) is 48.5 Å². The number of aromatic nitrogens is 3. The minimum atomic E-state index is -0.440. The van der Waals surface area contributed by atoms with Crippen LogP contribution >= 0.6 is 15.9 Å². The van der Waals surface area contributed by atoms with Crippen molar-refractivity contribution in [3.05, 3.63) is 34.2 Å². The van der Waals surface area contributed by atoms with Gasteiger partial charge in [-0.2, -0.15) is 0 Å². The van der Waals surface area contributed by atoms with Crippen LogP contribution in [0.15, 0.2) is 21.2 Å². The molecule has 25 heavy (non-hydrogen) atoms. The molecule has 8 nitrogen and oxygen atoms in total. The molecular weight excluding hydrogens is 390 g/mol. The van der Waals surface area contributed by atoms with Gasteiger partial charge in [0.05, 0.1) is 12.6 Å². The third-order valence-electron chi connectivity index (χ3n) is 4.11. The van der Waals surface area contributed by atoms with Crippen molar-refractivity contribution in [1.82, 2.24) is 25.4 Å². The Balaban J connectivity index is 1.60. The van der Waals surface area contributed by atoms with Crippen LogP contribution in [0.3, 0.4) is 0 Å². The molecule has 1 aliphatic heterocycles. The largest absolute Gasteiger partial charge is 0.444 e. The van der Waals surface area contributed by atoms with E-state index in [-0.39, 0.29) is 30.2 Å². The number of hydrogen-bond acceptors (Lipinski definition) is 5. The van der Waals surface area contributed by atoms with Gasteiger partial charge in [-0.15, -0.1) is 10.2 Å². The van der Waals surface area contributed by atoms with Crippen molar-refractivity contribution in [1.29, 1.82) is 0 Å². The number of nitrogens with zero attached hydrogens (tertiary/aromatic N) is 3. The highest BCUT2D eigenvalue weighted by molar-refractivity contribution is 9.10. The van der Waals surface area contributed by atoms with Crippen LogP contribution in [0.25, 0.3) is 0 Å². The zero-order chi connectivity index (χ0) is 18.0. The van der Waals surface area contributed by atoms with Crippen molar-refractivity contribution in [3.8, 4) is 0 Å². The van der Waals surface area contributed by atoms with Gasteiger partial charge in [0.2, 0.25) is 5.91 Å². The van der Waals surface area contributed by atoms with Crippen LogP contribution in [0.2, 0.25) is 0 Å². The third kappa shape index (κ3) is 3.92. The highest BCUT2D eigenvalue weighted by atomic mass is 79.9. The summed E-state index contributed by atoms with van der Waals surface area (Å²) >= 11 is 3.13. The van der Waals surface area contributed by atoms with E-state index in [1.165, 1.54) is 6.07 Å². The smallest absolute Gasteiger partial charge is 0.287 e. The second-order valence-electron chi connectivity index (χ2n) is 6.31.